The molecule has 0 aliphatic carbocycles. The summed E-state index contributed by atoms with van der Waals surface area (Å²) in [6.45, 7) is 0.724. The van der Waals surface area contributed by atoms with Crippen LogP contribution in [0.15, 0.2) is 42.5 Å². The summed E-state index contributed by atoms with van der Waals surface area (Å²) in [7, 11) is 3.90. The van der Waals surface area contributed by atoms with Crippen molar-refractivity contribution in [3.05, 3.63) is 59.2 Å². The van der Waals surface area contributed by atoms with E-state index in [9.17, 15) is 14.7 Å². The molecule has 0 saturated carbocycles. The van der Waals surface area contributed by atoms with Crippen LogP contribution in [0.5, 0.6) is 11.5 Å². The molecule has 1 unspecified atom stereocenters. The molecule has 6 heteroatoms. The third kappa shape index (κ3) is 4.72. The van der Waals surface area contributed by atoms with Crippen LogP contribution in [0.25, 0.3) is 0 Å². The normalized spacial score (nSPS) is 15.6. The molecule has 1 aliphatic rings. The fourth-order valence-corrected chi connectivity index (χ4v) is 3.01. The third-order valence-electron chi connectivity index (χ3n) is 4.29. The van der Waals surface area contributed by atoms with E-state index in [0.717, 1.165) is 5.56 Å². The molecule has 27 heavy (non-hydrogen) atoms. The fraction of sp³-hybridized carbons (Fsp3) is 0.333. The molecule has 1 atom stereocenters. The average molecular weight is 369 g/mol. The number of carbonyl (C=O) groups excluding carboxylic acids is 2. The van der Waals surface area contributed by atoms with E-state index in [2.05, 4.69) is 0 Å². The zero-order valence-corrected chi connectivity index (χ0v) is 15.5. The van der Waals surface area contributed by atoms with Crippen LogP contribution < -0.4 is 9.47 Å². The minimum absolute atomic E-state index is 0.0474. The molecule has 0 saturated heterocycles. The van der Waals surface area contributed by atoms with Crippen molar-refractivity contribution in [3.8, 4) is 11.5 Å². The maximum Gasteiger partial charge on any atom is 0.232 e. The number of Topliss-reactive ketones (excluding diaryl/α,β-unsaturated/α-hetero) is 2. The topological polar surface area (TPSA) is 76.1 Å². The lowest BCUT2D eigenvalue weighted by Gasteiger charge is -2.23. The molecule has 1 aliphatic heterocycles. The number of hydrogen-bond acceptors (Lipinski definition) is 6. The van der Waals surface area contributed by atoms with Gasteiger partial charge in [0.15, 0.2) is 29.7 Å². The largest absolute Gasteiger partial charge is 0.483 e. The van der Waals surface area contributed by atoms with Crippen molar-refractivity contribution in [2.45, 2.75) is 25.7 Å². The van der Waals surface area contributed by atoms with Gasteiger partial charge in [0, 0.05) is 30.5 Å². The molecule has 0 bridgehead atoms. The Hall–Kier alpha value is -2.70. The van der Waals surface area contributed by atoms with Gasteiger partial charge in [-0.3, -0.25) is 9.59 Å². The van der Waals surface area contributed by atoms with Crippen molar-refractivity contribution in [2.75, 3.05) is 20.7 Å². The van der Waals surface area contributed by atoms with Crippen molar-refractivity contribution in [2.24, 2.45) is 0 Å². The highest BCUT2D eigenvalue weighted by Crippen LogP contribution is 2.32. The first-order valence-electron chi connectivity index (χ1n) is 8.84. The summed E-state index contributed by atoms with van der Waals surface area (Å²) in [6, 6.07) is 12.3. The van der Waals surface area contributed by atoms with Crippen LogP contribution in [-0.4, -0.2) is 48.6 Å². The number of carbonyl (C=O) groups is 2. The predicted octanol–water partition coefficient (Wildman–Crippen LogP) is 2.68. The molecule has 0 amide bonds. The van der Waals surface area contributed by atoms with Crippen LogP contribution in [0.4, 0.5) is 0 Å². The van der Waals surface area contributed by atoms with E-state index in [4.69, 9.17) is 9.47 Å². The predicted molar refractivity (Wildman–Crippen MR) is 100 cm³/mol. The maximum atomic E-state index is 12.6. The summed E-state index contributed by atoms with van der Waals surface area (Å²) in [4.78, 5) is 27.1. The summed E-state index contributed by atoms with van der Waals surface area (Å²) in [6.07, 6.45) is -0.796. The van der Waals surface area contributed by atoms with Crippen LogP contribution in [0, 0.1) is 0 Å². The van der Waals surface area contributed by atoms with Crippen LogP contribution in [-0.2, 0) is 6.54 Å². The number of hydrogen-bond donors (Lipinski definition) is 1. The average Bonchev–Trinajstić information content (AvgIpc) is 2.65. The third-order valence-corrected chi connectivity index (χ3v) is 4.29. The van der Waals surface area contributed by atoms with Gasteiger partial charge in [-0.25, -0.2) is 0 Å². The van der Waals surface area contributed by atoms with Crippen molar-refractivity contribution in [1.29, 1.82) is 0 Å². The van der Waals surface area contributed by atoms with Gasteiger partial charge >= 0.3 is 0 Å². The molecule has 142 valence electrons. The van der Waals surface area contributed by atoms with Gasteiger partial charge in [-0.2, -0.15) is 0 Å². The Labute approximate surface area is 158 Å². The smallest absolute Gasteiger partial charge is 0.232 e. The minimum Gasteiger partial charge on any atom is -0.483 e. The lowest BCUT2D eigenvalue weighted by molar-refractivity contribution is -0.0670. The fourth-order valence-electron chi connectivity index (χ4n) is 3.01. The van der Waals surface area contributed by atoms with E-state index in [1.165, 1.54) is 0 Å². The summed E-state index contributed by atoms with van der Waals surface area (Å²) in [5, 5.41) is 9.50. The lowest BCUT2D eigenvalue weighted by atomic mass is 9.97. The Kier molecular flexibility index (Phi) is 5.88. The molecule has 0 radical (unpaired) electrons. The molecule has 6 nitrogen and oxygen atoms in total. The Balaban J connectivity index is 1.66. The van der Waals surface area contributed by atoms with Crippen molar-refractivity contribution < 1.29 is 24.2 Å². The van der Waals surface area contributed by atoms with E-state index >= 15 is 0 Å². The molecule has 0 spiro atoms. The first-order valence-corrected chi connectivity index (χ1v) is 8.84. The molecular formula is C21H23NO5. The highest BCUT2D eigenvalue weighted by atomic mass is 16.7. The standard InChI is InChI=1S/C21H23NO5/c1-22(2)12-15-5-3-4-6-16(15)18(24)9-8-17(23)14-7-10-19-20(11-14)27-21(25)13-26-19/h3-7,10-11,21,25H,8-9,12-13H2,1-2H3. The second kappa shape index (κ2) is 8.33. The number of ketones is 2. The molecule has 2 aromatic carbocycles. The zero-order chi connectivity index (χ0) is 19.4. The van der Waals surface area contributed by atoms with Gasteiger partial charge in [0.05, 0.1) is 0 Å². The van der Waals surface area contributed by atoms with Gasteiger partial charge in [0.2, 0.25) is 6.29 Å². The van der Waals surface area contributed by atoms with Gasteiger partial charge < -0.3 is 19.5 Å². The van der Waals surface area contributed by atoms with E-state index in [0.29, 0.717) is 29.2 Å². The zero-order valence-electron chi connectivity index (χ0n) is 15.5. The molecule has 0 fully saturated rings. The number of nitrogens with zero attached hydrogens (tertiary/aromatic N) is 1. The van der Waals surface area contributed by atoms with Crippen molar-refractivity contribution in [3.63, 3.8) is 0 Å². The Morgan fingerprint density at radius 3 is 2.59 bits per heavy atom. The van der Waals surface area contributed by atoms with Crippen LogP contribution >= 0.6 is 0 Å². The number of aliphatic hydroxyl groups excluding tert-OH is 1. The quantitative estimate of drug-likeness (QED) is 0.757. The van der Waals surface area contributed by atoms with E-state index in [1.807, 2.05) is 37.2 Å². The van der Waals surface area contributed by atoms with E-state index in [-0.39, 0.29) is 31.0 Å². The number of aliphatic hydroxyl groups is 1. The number of ether oxygens (including phenoxy) is 2. The number of rotatable bonds is 7. The van der Waals surface area contributed by atoms with Crippen LogP contribution in [0.2, 0.25) is 0 Å². The molecule has 1 heterocycles. The first kappa shape index (κ1) is 19.1. The maximum absolute atomic E-state index is 12.6. The molecule has 2 aromatic rings. The number of fused-ring (bicyclic) bond motifs is 1. The van der Waals surface area contributed by atoms with Gasteiger partial charge in [0.25, 0.3) is 0 Å². The van der Waals surface area contributed by atoms with Crippen molar-refractivity contribution >= 4 is 11.6 Å². The Morgan fingerprint density at radius 1 is 1.07 bits per heavy atom. The molecule has 1 N–H and O–H groups in total. The van der Waals surface area contributed by atoms with Gasteiger partial charge in [-0.15, -0.1) is 0 Å². The highest BCUT2D eigenvalue weighted by molar-refractivity contribution is 6.03. The monoisotopic (exact) mass is 369 g/mol. The minimum atomic E-state index is -1.04. The lowest BCUT2D eigenvalue weighted by Crippen LogP contribution is -2.28. The molecule has 0 aromatic heterocycles. The van der Waals surface area contributed by atoms with Gasteiger partial charge in [-0.1, -0.05) is 24.3 Å². The van der Waals surface area contributed by atoms with Crippen LogP contribution in [0.3, 0.4) is 0 Å². The number of benzene rings is 2. The Morgan fingerprint density at radius 2 is 1.81 bits per heavy atom. The SMILES string of the molecule is CN(C)Cc1ccccc1C(=O)CCC(=O)c1ccc2c(c1)OC(O)CO2. The van der Waals surface area contributed by atoms with E-state index < -0.39 is 6.29 Å². The molecule has 3 rings (SSSR count). The summed E-state index contributed by atoms with van der Waals surface area (Å²) >= 11 is 0. The molecular weight excluding hydrogens is 346 g/mol. The summed E-state index contributed by atoms with van der Waals surface area (Å²) in [5.74, 6) is 0.626. The van der Waals surface area contributed by atoms with Crippen molar-refractivity contribution in [1.82, 2.24) is 4.90 Å². The summed E-state index contributed by atoms with van der Waals surface area (Å²) < 4.78 is 10.6. The first-order chi connectivity index (χ1) is 12.9. The Bertz CT molecular complexity index is 846. The van der Waals surface area contributed by atoms with Crippen LogP contribution in [0.1, 0.15) is 39.1 Å². The van der Waals surface area contributed by atoms with Gasteiger partial charge in [0.1, 0.15) is 0 Å². The van der Waals surface area contributed by atoms with E-state index in [1.54, 1.807) is 24.3 Å². The summed E-state index contributed by atoms with van der Waals surface area (Å²) in [5.41, 5.74) is 2.04. The second-order valence-corrected chi connectivity index (χ2v) is 6.79. The van der Waals surface area contributed by atoms with Gasteiger partial charge in [-0.05, 0) is 37.9 Å². The second-order valence-electron chi connectivity index (χ2n) is 6.79. The highest BCUT2D eigenvalue weighted by Gasteiger charge is 2.21.